The number of rotatable bonds is 3. The predicted octanol–water partition coefficient (Wildman–Crippen LogP) is 1.16. The van der Waals surface area contributed by atoms with E-state index in [-0.39, 0.29) is 5.91 Å². The van der Waals surface area contributed by atoms with Gasteiger partial charge in [-0.3, -0.25) is 4.79 Å². The molecule has 94 valence electrons. The number of hydrogen-bond donors (Lipinski definition) is 1. The summed E-state index contributed by atoms with van der Waals surface area (Å²) in [5.41, 5.74) is 7.85. The molecule has 5 nitrogen and oxygen atoms in total. The Labute approximate surface area is 106 Å². The van der Waals surface area contributed by atoms with Gasteiger partial charge in [0.15, 0.2) is 0 Å². The maximum atomic E-state index is 12.2. The van der Waals surface area contributed by atoms with Crippen LogP contribution in [0, 0.1) is 0 Å². The van der Waals surface area contributed by atoms with Crippen molar-refractivity contribution >= 4 is 11.6 Å². The zero-order valence-corrected chi connectivity index (χ0v) is 10.5. The van der Waals surface area contributed by atoms with Gasteiger partial charge in [-0.1, -0.05) is 18.2 Å². The highest BCUT2D eigenvalue weighted by Crippen LogP contribution is 2.20. The second-order valence-corrected chi connectivity index (χ2v) is 4.12. The molecule has 2 aromatic rings. The van der Waals surface area contributed by atoms with Gasteiger partial charge in [-0.25, -0.2) is 4.98 Å². The van der Waals surface area contributed by atoms with E-state index in [0.29, 0.717) is 12.2 Å². The molecule has 0 atom stereocenters. The third-order valence-electron chi connectivity index (χ3n) is 2.80. The van der Waals surface area contributed by atoms with E-state index in [1.165, 1.54) is 0 Å². The molecule has 1 aromatic heterocycles. The number of nitrogens with zero attached hydrogens (tertiary/aromatic N) is 3. The zero-order valence-electron chi connectivity index (χ0n) is 10.5. The summed E-state index contributed by atoms with van der Waals surface area (Å²) in [4.78, 5) is 17.9. The third-order valence-corrected chi connectivity index (χ3v) is 2.80. The van der Waals surface area contributed by atoms with Crippen LogP contribution in [0.3, 0.4) is 0 Å². The van der Waals surface area contributed by atoms with Crippen LogP contribution in [0.25, 0.3) is 0 Å². The molecule has 0 aliphatic heterocycles. The van der Waals surface area contributed by atoms with Crippen LogP contribution in [0.15, 0.2) is 36.8 Å². The molecule has 2 rings (SSSR count). The van der Waals surface area contributed by atoms with Gasteiger partial charge in [0.2, 0.25) is 0 Å². The number of para-hydroxylation sites is 1. The summed E-state index contributed by atoms with van der Waals surface area (Å²) < 4.78 is 1.75. The highest BCUT2D eigenvalue weighted by Gasteiger charge is 2.17. The number of amides is 1. The average Bonchev–Trinajstić information content (AvgIpc) is 2.83. The summed E-state index contributed by atoms with van der Waals surface area (Å²) in [5.74, 6) is -0.142. The summed E-state index contributed by atoms with van der Waals surface area (Å²) in [6.07, 6.45) is 3.31. The number of carbonyl (C=O) groups is 1. The Kier molecular flexibility index (Phi) is 3.43. The molecular formula is C13H16N4O. The molecule has 0 saturated heterocycles. The van der Waals surface area contributed by atoms with Crippen molar-refractivity contribution in [2.75, 3.05) is 11.9 Å². The van der Waals surface area contributed by atoms with Crippen molar-refractivity contribution in [3.05, 3.63) is 48.0 Å². The lowest BCUT2D eigenvalue weighted by molar-refractivity contribution is 0.0988. The third kappa shape index (κ3) is 2.26. The van der Waals surface area contributed by atoms with Gasteiger partial charge in [0.05, 0.1) is 6.33 Å². The van der Waals surface area contributed by atoms with Gasteiger partial charge in [0.1, 0.15) is 5.69 Å². The minimum Gasteiger partial charge on any atom is -0.340 e. The van der Waals surface area contributed by atoms with E-state index in [1.807, 2.05) is 31.3 Å². The predicted molar refractivity (Wildman–Crippen MR) is 70.3 cm³/mol. The molecule has 0 saturated carbocycles. The first-order chi connectivity index (χ1) is 8.63. The van der Waals surface area contributed by atoms with Gasteiger partial charge in [-0.2, -0.15) is 0 Å². The van der Waals surface area contributed by atoms with Crippen LogP contribution in [0.2, 0.25) is 0 Å². The molecule has 2 N–H and O–H groups in total. The van der Waals surface area contributed by atoms with Gasteiger partial charge in [0.25, 0.3) is 5.91 Å². The van der Waals surface area contributed by atoms with E-state index in [4.69, 9.17) is 5.73 Å². The summed E-state index contributed by atoms with van der Waals surface area (Å²) >= 11 is 0. The van der Waals surface area contributed by atoms with Gasteiger partial charge >= 0.3 is 0 Å². The lowest BCUT2D eigenvalue weighted by Gasteiger charge is -2.19. The molecule has 0 bridgehead atoms. The summed E-state index contributed by atoms with van der Waals surface area (Å²) in [6, 6.07) is 7.59. The molecule has 0 unspecified atom stereocenters. The lowest BCUT2D eigenvalue weighted by atomic mass is 10.1. The Balaban J connectivity index is 2.31. The molecule has 0 aliphatic carbocycles. The van der Waals surface area contributed by atoms with Crippen molar-refractivity contribution < 1.29 is 4.79 Å². The van der Waals surface area contributed by atoms with Crippen LogP contribution in [0.4, 0.5) is 5.69 Å². The standard InChI is InChI=1S/C13H16N4O/c1-16-8-11(15-9-16)13(18)17(2)12-6-4-3-5-10(12)7-14/h3-6,8-9H,7,14H2,1-2H3. The molecule has 1 amide bonds. The fourth-order valence-corrected chi connectivity index (χ4v) is 1.82. The van der Waals surface area contributed by atoms with Crippen LogP contribution in [0.5, 0.6) is 0 Å². The summed E-state index contributed by atoms with van der Waals surface area (Å²) in [5, 5.41) is 0. The van der Waals surface area contributed by atoms with Crippen molar-refractivity contribution in [1.29, 1.82) is 0 Å². The first-order valence-electron chi connectivity index (χ1n) is 5.67. The minimum atomic E-state index is -0.142. The Hall–Kier alpha value is -2.14. The molecular weight excluding hydrogens is 228 g/mol. The van der Waals surface area contributed by atoms with Crippen LogP contribution in [-0.4, -0.2) is 22.5 Å². The lowest BCUT2D eigenvalue weighted by Crippen LogP contribution is -2.27. The van der Waals surface area contributed by atoms with Gasteiger partial charge in [0, 0.05) is 32.5 Å². The quantitative estimate of drug-likeness (QED) is 0.881. The van der Waals surface area contributed by atoms with Gasteiger partial charge < -0.3 is 15.2 Å². The Morgan fingerprint density at radius 2 is 2.17 bits per heavy atom. The number of aromatic nitrogens is 2. The SMILES string of the molecule is CN(C(=O)c1cn(C)cn1)c1ccccc1CN. The molecule has 1 aromatic carbocycles. The smallest absolute Gasteiger partial charge is 0.278 e. The fourth-order valence-electron chi connectivity index (χ4n) is 1.82. The van der Waals surface area contributed by atoms with E-state index in [2.05, 4.69) is 4.98 Å². The number of aryl methyl sites for hydroxylation is 1. The number of imidazole rings is 1. The van der Waals surface area contributed by atoms with Crippen molar-refractivity contribution in [3.8, 4) is 0 Å². The molecule has 0 radical (unpaired) electrons. The van der Waals surface area contributed by atoms with Crippen molar-refractivity contribution in [2.45, 2.75) is 6.54 Å². The number of carbonyl (C=O) groups excluding carboxylic acids is 1. The molecule has 5 heteroatoms. The first-order valence-corrected chi connectivity index (χ1v) is 5.67. The molecule has 0 aliphatic rings. The topological polar surface area (TPSA) is 64.2 Å². The van der Waals surface area contributed by atoms with Crippen LogP contribution >= 0.6 is 0 Å². The summed E-state index contributed by atoms with van der Waals surface area (Å²) in [7, 11) is 3.56. The van der Waals surface area contributed by atoms with E-state index >= 15 is 0 Å². The summed E-state index contributed by atoms with van der Waals surface area (Å²) in [6.45, 7) is 0.399. The minimum absolute atomic E-state index is 0.142. The van der Waals surface area contributed by atoms with Crippen molar-refractivity contribution in [3.63, 3.8) is 0 Å². The highest BCUT2D eigenvalue weighted by molar-refractivity contribution is 6.04. The second kappa shape index (κ2) is 5.01. The van der Waals surface area contributed by atoms with Crippen LogP contribution in [0.1, 0.15) is 16.1 Å². The Morgan fingerprint density at radius 3 is 2.78 bits per heavy atom. The Morgan fingerprint density at radius 1 is 1.44 bits per heavy atom. The maximum Gasteiger partial charge on any atom is 0.278 e. The number of anilines is 1. The van der Waals surface area contributed by atoms with Crippen LogP contribution in [-0.2, 0) is 13.6 Å². The highest BCUT2D eigenvalue weighted by atomic mass is 16.2. The molecule has 18 heavy (non-hydrogen) atoms. The number of benzene rings is 1. The van der Waals surface area contributed by atoms with E-state index in [0.717, 1.165) is 11.3 Å². The maximum absolute atomic E-state index is 12.2. The van der Waals surface area contributed by atoms with Crippen molar-refractivity contribution in [2.24, 2.45) is 12.8 Å². The van der Waals surface area contributed by atoms with Gasteiger partial charge in [-0.05, 0) is 11.6 Å². The largest absolute Gasteiger partial charge is 0.340 e. The average molecular weight is 244 g/mol. The zero-order chi connectivity index (χ0) is 13.1. The molecule has 0 spiro atoms. The second-order valence-electron chi connectivity index (χ2n) is 4.12. The van der Waals surface area contributed by atoms with Gasteiger partial charge in [-0.15, -0.1) is 0 Å². The first kappa shape index (κ1) is 12.3. The molecule has 1 heterocycles. The van der Waals surface area contributed by atoms with Crippen molar-refractivity contribution in [1.82, 2.24) is 9.55 Å². The Bertz CT molecular complexity index is 562. The van der Waals surface area contributed by atoms with E-state index < -0.39 is 0 Å². The van der Waals surface area contributed by atoms with E-state index in [1.54, 1.807) is 29.0 Å². The number of nitrogens with two attached hydrogens (primary N) is 1. The molecule has 0 fully saturated rings. The fraction of sp³-hybridized carbons (Fsp3) is 0.231. The monoisotopic (exact) mass is 244 g/mol. The van der Waals surface area contributed by atoms with E-state index in [9.17, 15) is 4.79 Å². The normalized spacial score (nSPS) is 10.4. The van der Waals surface area contributed by atoms with Crippen LogP contribution < -0.4 is 10.6 Å². The number of hydrogen-bond acceptors (Lipinski definition) is 3.